The Labute approximate surface area is 97.6 Å². The number of aliphatic imine (C=N–C) groups is 1. The van der Waals surface area contributed by atoms with Gasteiger partial charge >= 0.3 is 0 Å². The predicted molar refractivity (Wildman–Crippen MR) is 68.5 cm³/mol. The van der Waals surface area contributed by atoms with Gasteiger partial charge in [-0.25, -0.2) is 0 Å². The van der Waals surface area contributed by atoms with Crippen LogP contribution in [0.5, 0.6) is 0 Å². The van der Waals surface area contributed by atoms with Gasteiger partial charge in [-0.3, -0.25) is 4.99 Å². The van der Waals surface area contributed by atoms with Gasteiger partial charge in [-0.15, -0.1) is 0 Å². The summed E-state index contributed by atoms with van der Waals surface area (Å²) >= 11 is 0. The molecular weight excluding hydrogens is 196 g/mol. The summed E-state index contributed by atoms with van der Waals surface area (Å²) in [6.45, 7) is 3.22. The third kappa shape index (κ3) is 2.84. The van der Waals surface area contributed by atoms with Gasteiger partial charge in [-0.2, -0.15) is 0 Å². The molecule has 0 heterocycles. The first-order chi connectivity index (χ1) is 7.75. The molecule has 1 aliphatic carbocycles. The third-order valence-electron chi connectivity index (χ3n) is 3.39. The first kappa shape index (κ1) is 11.2. The van der Waals surface area contributed by atoms with Crippen molar-refractivity contribution in [3.8, 4) is 0 Å². The minimum absolute atomic E-state index is 0.681. The summed E-state index contributed by atoms with van der Waals surface area (Å²) in [5.41, 5.74) is 6.99. The van der Waals surface area contributed by atoms with Crippen LogP contribution in [0.2, 0.25) is 0 Å². The molecule has 16 heavy (non-hydrogen) atoms. The molecule has 0 aliphatic heterocycles. The normalized spacial score (nSPS) is 25.9. The lowest BCUT2D eigenvalue weighted by Crippen LogP contribution is -2.15. The predicted octanol–water partition coefficient (Wildman–Crippen LogP) is 2.83. The Hall–Kier alpha value is -1.31. The van der Waals surface area contributed by atoms with Gasteiger partial charge in [0, 0.05) is 12.1 Å². The number of nitrogens with two attached hydrogens (primary N) is 1. The van der Waals surface area contributed by atoms with E-state index in [2.05, 4.69) is 11.9 Å². The number of hydrogen-bond acceptors (Lipinski definition) is 1. The summed E-state index contributed by atoms with van der Waals surface area (Å²) in [6, 6.07) is 10.0. The second kappa shape index (κ2) is 5.15. The van der Waals surface area contributed by atoms with E-state index in [0.29, 0.717) is 5.84 Å². The van der Waals surface area contributed by atoms with E-state index in [1.54, 1.807) is 0 Å². The van der Waals surface area contributed by atoms with Gasteiger partial charge < -0.3 is 5.73 Å². The van der Waals surface area contributed by atoms with Crippen molar-refractivity contribution in [3.05, 3.63) is 35.9 Å². The largest absolute Gasteiger partial charge is 0.384 e. The average Bonchev–Trinajstić information content (AvgIpc) is 2.73. The zero-order chi connectivity index (χ0) is 11.4. The molecule has 1 aliphatic rings. The Morgan fingerprint density at radius 1 is 1.31 bits per heavy atom. The molecule has 1 saturated carbocycles. The molecule has 2 rings (SSSR count). The van der Waals surface area contributed by atoms with E-state index < -0.39 is 0 Å². The SMILES string of the molecule is CC1CCC(CN=C(N)c2ccccc2)C1. The van der Waals surface area contributed by atoms with Gasteiger partial charge in [0.1, 0.15) is 5.84 Å². The highest BCUT2D eigenvalue weighted by molar-refractivity contribution is 5.97. The van der Waals surface area contributed by atoms with Gasteiger partial charge in [0.05, 0.1) is 0 Å². The van der Waals surface area contributed by atoms with Gasteiger partial charge in [0.15, 0.2) is 0 Å². The van der Waals surface area contributed by atoms with Crippen molar-refractivity contribution < 1.29 is 0 Å². The summed E-state index contributed by atoms with van der Waals surface area (Å²) in [6.07, 6.45) is 3.98. The molecule has 2 N–H and O–H groups in total. The van der Waals surface area contributed by atoms with Crippen LogP contribution in [-0.2, 0) is 0 Å². The standard InChI is InChI=1S/C14H20N2/c1-11-7-8-12(9-11)10-16-14(15)13-5-3-2-4-6-13/h2-6,11-12H,7-10H2,1H3,(H2,15,16). The average molecular weight is 216 g/mol. The number of benzene rings is 1. The Balaban J connectivity index is 1.92. The van der Waals surface area contributed by atoms with Gasteiger partial charge in [0.2, 0.25) is 0 Å². The maximum atomic E-state index is 5.96. The lowest BCUT2D eigenvalue weighted by Gasteiger charge is -2.06. The van der Waals surface area contributed by atoms with Crippen LogP contribution >= 0.6 is 0 Å². The van der Waals surface area contributed by atoms with E-state index >= 15 is 0 Å². The fraction of sp³-hybridized carbons (Fsp3) is 0.500. The van der Waals surface area contributed by atoms with E-state index in [1.807, 2.05) is 30.3 Å². The van der Waals surface area contributed by atoms with Crippen LogP contribution < -0.4 is 5.73 Å². The maximum Gasteiger partial charge on any atom is 0.125 e. The number of nitrogens with zero attached hydrogens (tertiary/aromatic N) is 1. The molecule has 2 atom stereocenters. The third-order valence-corrected chi connectivity index (χ3v) is 3.39. The molecule has 0 aromatic heterocycles. The van der Waals surface area contributed by atoms with Crippen molar-refractivity contribution in [2.75, 3.05) is 6.54 Å². The molecular formula is C14H20N2. The quantitative estimate of drug-likeness (QED) is 0.612. The molecule has 0 bridgehead atoms. The van der Waals surface area contributed by atoms with Crippen molar-refractivity contribution in [3.63, 3.8) is 0 Å². The first-order valence-corrected chi connectivity index (χ1v) is 6.11. The highest BCUT2D eigenvalue weighted by Crippen LogP contribution is 2.30. The van der Waals surface area contributed by atoms with Crippen molar-refractivity contribution in [2.45, 2.75) is 26.2 Å². The summed E-state index contributed by atoms with van der Waals surface area (Å²) in [5.74, 6) is 2.30. The summed E-state index contributed by atoms with van der Waals surface area (Å²) in [7, 11) is 0. The van der Waals surface area contributed by atoms with Gasteiger partial charge in [-0.1, -0.05) is 43.7 Å². The molecule has 2 unspecified atom stereocenters. The Kier molecular flexibility index (Phi) is 3.60. The van der Waals surface area contributed by atoms with E-state index in [9.17, 15) is 0 Å². The van der Waals surface area contributed by atoms with Crippen LogP contribution in [0.3, 0.4) is 0 Å². The number of rotatable bonds is 3. The summed E-state index contributed by atoms with van der Waals surface area (Å²) < 4.78 is 0. The smallest absolute Gasteiger partial charge is 0.125 e. The molecule has 0 saturated heterocycles. The number of hydrogen-bond donors (Lipinski definition) is 1. The Bertz CT molecular complexity index is 356. The van der Waals surface area contributed by atoms with Crippen LogP contribution in [0.15, 0.2) is 35.3 Å². The zero-order valence-corrected chi connectivity index (χ0v) is 9.89. The monoisotopic (exact) mass is 216 g/mol. The highest BCUT2D eigenvalue weighted by atomic mass is 14.9. The maximum absolute atomic E-state index is 5.96. The highest BCUT2D eigenvalue weighted by Gasteiger charge is 2.20. The molecule has 1 fully saturated rings. The molecule has 0 spiro atoms. The fourth-order valence-electron chi connectivity index (χ4n) is 2.42. The topological polar surface area (TPSA) is 38.4 Å². The zero-order valence-electron chi connectivity index (χ0n) is 9.89. The van der Waals surface area contributed by atoms with E-state index in [4.69, 9.17) is 5.73 Å². The van der Waals surface area contributed by atoms with Gasteiger partial charge in [-0.05, 0) is 24.7 Å². The fourth-order valence-corrected chi connectivity index (χ4v) is 2.42. The Morgan fingerprint density at radius 2 is 2.06 bits per heavy atom. The molecule has 86 valence electrons. The van der Waals surface area contributed by atoms with Crippen molar-refractivity contribution >= 4 is 5.84 Å². The van der Waals surface area contributed by atoms with Crippen molar-refractivity contribution in [1.82, 2.24) is 0 Å². The summed E-state index contributed by atoms with van der Waals surface area (Å²) in [5, 5.41) is 0. The minimum Gasteiger partial charge on any atom is -0.384 e. The molecule has 1 aromatic carbocycles. The summed E-state index contributed by atoms with van der Waals surface area (Å²) in [4.78, 5) is 4.51. The van der Waals surface area contributed by atoms with E-state index in [1.165, 1.54) is 19.3 Å². The van der Waals surface area contributed by atoms with Crippen molar-refractivity contribution in [2.24, 2.45) is 22.6 Å². The van der Waals surface area contributed by atoms with Crippen LogP contribution in [0, 0.1) is 11.8 Å². The Morgan fingerprint density at radius 3 is 2.69 bits per heavy atom. The second-order valence-corrected chi connectivity index (χ2v) is 4.88. The van der Waals surface area contributed by atoms with Crippen LogP contribution in [0.25, 0.3) is 0 Å². The molecule has 0 radical (unpaired) electrons. The van der Waals surface area contributed by atoms with Crippen LogP contribution in [0.4, 0.5) is 0 Å². The molecule has 1 aromatic rings. The van der Waals surface area contributed by atoms with Crippen LogP contribution in [0.1, 0.15) is 31.7 Å². The van der Waals surface area contributed by atoms with E-state index in [-0.39, 0.29) is 0 Å². The molecule has 0 amide bonds. The second-order valence-electron chi connectivity index (χ2n) is 4.88. The first-order valence-electron chi connectivity index (χ1n) is 6.11. The van der Waals surface area contributed by atoms with Crippen molar-refractivity contribution in [1.29, 1.82) is 0 Å². The van der Waals surface area contributed by atoms with Gasteiger partial charge in [0.25, 0.3) is 0 Å². The lowest BCUT2D eigenvalue weighted by molar-refractivity contribution is 0.526. The molecule has 2 nitrogen and oxygen atoms in total. The lowest BCUT2D eigenvalue weighted by atomic mass is 10.1. The number of amidine groups is 1. The van der Waals surface area contributed by atoms with Crippen LogP contribution in [-0.4, -0.2) is 12.4 Å². The van der Waals surface area contributed by atoms with E-state index in [0.717, 1.165) is 23.9 Å². The minimum atomic E-state index is 0.681. The molecule has 2 heteroatoms.